The molecule has 0 unspecified atom stereocenters. The number of carbonyl (C=O) groups excluding carboxylic acids is 3. The van der Waals surface area contributed by atoms with Crippen LogP contribution < -0.4 is 5.32 Å². The van der Waals surface area contributed by atoms with E-state index in [0.717, 1.165) is 29.7 Å². The fraction of sp³-hybridized carbons (Fsp3) is 0.316. The second-order valence-corrected chi connectivity index (χ2v) is 6.89. The average Bonchev–Trinajstić information content (AvgIpc) is 3.35. The van der Waals surface area contributed by atoms with Crippen molar-refractivity contribution in [3.05, 3.63) is 46.2 Å². The molecule has 2 aromatic rings. The molecule has 0 saturated heterocycles. The Bertz CT molecular complexity index is 865. The van der Waals surface area contributed by atoms with E-state index in [1.54, 1.807) is 19.1 Å². The predicted octanol–water partition coefficient (Wildman–Crippen LogP) is 3.20. The van der Waals surface area contributed by atoms with Gasteiger partial charge < -0.3 is 19.2 Å². The van der Waals surface area contributed by atoms with Crippen molar-refractivity contribution in [2.45, 2.75) is 26.2 Å². The zero-order valence-corrected chi connectivity index (χ0v) is 15.6. The molecule has 142 valence electrons. The van der Waals surface area contributed by atoms with Gasteiger partial charge in [-0.05, 0) is 50.0 Å². The molecule has 2 heterocycles. The molecule has 1 N–H and O–H groups in total. The number of nitrogens with one attached hydrogen (secondary N) is 1. The van der Waals surface area contributed by atoms with Crippen LogP contribution in [0.1, 0.15) is 39.9 Å². The van der Waals surface area contributed by atoms with Crippen LogP contribution >= 0.6 is 11.3 Å². The highest BCUT2D eigenvalue weighted by Crippen LogP contribution is 2.39. The molecular weight excluding hydrogens is 370 g/mol. The van der Waals surface area contributed by atoms with E-state index in [2.05, 4.69) is 5.32 Å². The lowest BCUT2D eigenvalue weighted by Gasteiger charge is -2.08. The lowest BCUT2D eigenvalue weighted by molar-refractivity contribution is -0.142. The third-order valence-corrected chi connectivity index (χ3v) is 5.13. The number of ether oxygens (including phenoxy) is 2. The van der Waals surface area contributed by atoms with Crippen LogP contribution in [0, 0.1) is 0 Å². The summed E-state index contributed by atoms with van der Waals surface area (Å²) in [6.45, 7) is 1.54. The van der Waals surface area contributed by atoms with Gasteiger partial charge >= 0.3 is 11.9 Å². The Morgan fingerprint density at radius 1 is 1.30 bits per heavy atom. The van der Waals surface area contributed by atoms with Crippen molar-refractivity contribution in [3.8, 4) is 0 Å². The number of fused-ring (bicyclic) bond motifs is 1. The summed E-state index contributed by atoms with van der Waals surface area (Å²) >= 11 is 1.37. The van der Waals surface area contributed by atoms with Crippen molar-refractivity contribution in [2.24, 2.45) is 0 Å². The van der Waals surface area contributed by atoms with Gasteiger partial charge in [0.15, 0.2) is 6.61 Å². The van der Waals surface area contributed by atoms with Crippen LogP contribution in [0.15, 0.2) is 28.9 Å². The van der Waals surface area contributed by atoms with E-state index in [0.29, 0.717) is 16.3 Å². The van der Waals surface area contributed by atoms with Crippen LogP contribution in [0.5, 0.6) is 0 Å². The minimum atomic E-state index is -0.666. The van der Waals surface area contributed by atoms with Gasteiger partial charge in [0, 0.05) is 11.0 Å². The van der Waals surface area contributed by atoms with Gasteiger partial charge in [0.1, 0.15) is 10.8 Å². The lowest BCUT2D eigenvalue weighted by atomic mass is 10.1. The number of rotatable bonds is 7. The van der Waals surface area contributed by atoms with E-state index in [9.17, 15) is 14.4 Å². The van der Waals surface area contributed by atoms with E-state index in [1.165, 1.54) is 29.8 Å². The number of carbonyl (C=O) groups is 3. The maximum absolute atomic E-state index is 12.3. The normalized spacial score (nSPS) is 12.8. The molecule has 0 fully saturated rings. The predicted molar refractivity (Wildman–Crippen MR) is 99.6 cm³/mol. The van der Waals surface area contributed by atoms with Crippen molar-refractivity contribution in [2.75, 3.05) is 18.5 Å². The average molecular weight is 389 g/mol. The van der Waals surface area contributed by atoms with Crippen LogP contribution in [-0.2, 0) is 31.9 Å². The number of hydrogen-bond donors (Lipinski definition) is 1. The summed E-state index contributed by atoms with van der Waals surface area (Å²) in [5.41, 5.74) is 1.37. The molecule has 0 bridgehead atoms. The van der Waals surface area contributed by atoms with Crippen molar-refractivity contribution in [3.63, 3.8) is 0 Å². The van der Waals surface area contributed by atoms with E-state index < -0.39 is 24.5 Å². The van der Waals surface area contributed by atoms with E-state index in [1.807, 2.05) is 0 Å². The summed E-state index contributed by atoms with van der Waals surface area (Å²) in [6.07, 6.45) is 6.77. The molecule has 1 aliphatic rings. The Morgan fingerprint density at radius 2 is 2.15 bits per heavy atom. The fourth-order valence-corrected chi connectivity index (χ4v) is 4.09. The second-order valence-electron chi connectivity index (χ2n) is 5.79. The molecule has 3 rings (SSSR count). The Balaban J connectivity index is 1.59. The number of amides is 1. The van der Waals surface area contributed by atoms with Gasteiger partial charge in [-0.25, -0.2) is 9.59 Å². The zero-order valence-electron chi connectivity index (χ0n) is 14.8. The molecule has 1 aliphatic carbocycles. The first-order chi connectivity index (χ1) is 13.1. The molecule has 0 atom stereocenters. The molecule has 1 amide bonds. The summed E-state index contributed by atoms with van der Waals surface area (Å²) in [7, 11) is 0. The second kappa shape index (κ2) is 8.68. The SMILES string of the molecule is CCOC(=O)c1c(NC(=O)COC(=O)C=Cc2ccco2)sc2c1CCC2. The molecule has 7 nitrogen and oxygen atoms in total. The summed E-state index contributed by atoms with van der Waals surface area (Å²) in [4.78, 5) is 37.2. The maximum Gasteiger partial charge on any atom is 0.341 e. The smallest absolute Gasteiger partial charge is 0.341 e. The van der Waals surface area contributed by atoms with E-state index >= 15 is 0 Å². The number of furan rings is 1. The largest absolute Gasteiger partial charge is 0.465 e. The third-order valence-electron chi connectivity index (χ3n) is 3.93. The molecule has 2 aromatic heterocycles. The van der Waals surface area contributed by atoms with E-state index in [4.69, 9.17) is 13.9 Å². The minimum absolute atomic E-state index is 0.260. The summed E-state index contributed by atoms with van der Waals surface area (Å²) in [6, 6.07) is 3.38. The van der Waals surface area contributed by atoms with Gasteiger partial charge in [0.2, 0.25) is 0 Å². The zero-order chi connectivity index (χ0) is 19.2. The minimum Gasteiger partial charge on any atom is -0.465 e. The first-order valence-corrected chi connectivity index (χ1v) is 9.40. The topological polar surface area (TPSA) is 94.8 Å². The van der Waals surface area contributed by atoms with Gasteiger partial charge in [-0.15, -0.1) is 11.3 Å². The van der Waals surface area contributed by atoms with Crippen molar-refractivity contribution < 1.29 is 28.3 Å². The first kappa shape index (κ1) is 18.9. The van der Waals surface area contributed by atoms with Crippen LogP contribution in [0.2, 0.25) is 0 Å². The molecule has 0 radical (unpaired) electrons. The molecular formula is C19H19NO6S. The van der Waals surface area contributed by atoms with Crippen LogP contribution in [0.3, 0.4) is 0 Å². The Labute approximate surface area is 160 Å². The fourth-order valence-electron chi connectivity index (χ4n) is 2.80. The number of hydrogen-bond acceptors (Lipinski definition) is 7. The highest BCUT2D eigenvalue weighted by Gasteiger charge is 2.28. The number of esters is 2. The van der Waals surface area contributed by atoms with Crippen LogP contribution in [0.25, 0.3) is 6.08 Å². The number of anilines is 1. The van der Waals surface area contributed by atoms with Crippen LogP contribution in [-0.4, -0.2) is 31.1 Å². The Hall–Kier alpha value is -2.87. The van der Waals surface area contributed by atoms with Crippen LogP contribution in [0.4, 0.5) is 5.00 Å². The van der Waals surface area contributed by atoms with Gasteiger partial charge in [-0.3, -0.25) is 4.79 Å². The molecule has 0 saturated carbocycles. The number of thiophene rings is 1. The monoisotopic (exact) mass is 389 g/mol. The molecule has 0 aliphatic heterocycles. The quantitative estimate of drug-likeness (QED) is 0.577. The maximum atomic E-state index is 12.3. The Morgan fingerprint density at radius 3 is 2.89 bits per heavy atom. The molecule has 8 heteroatoms. The Kier molecular flexibility index (Phi) is 6.08. The third kappa shape index (κ3) is 4.65. The standard InChI is InChI=1S/C19H19NO6S/c1-2-24-19(23)17-13-6-3-7-14(13)27-18(17)20-15(21)11-26-16(22)9-8-12-5-4-10-25-12/h4-5,8-10H,2-3,6-7,11H2,1H3,(H,20,21). The molecule has 27 heavy (non-hydrogen) atoms. The van der Waals surface area contributed by atoms with Crippen molar-refractivity contribution in [1.29, 1.82) is 0 Å². The highest BCUT2D eigenvalue weighted by molar-refractivity contribution is 7.17. The van der Waals surface area contributed by atoms with Gasteiger partial charge in [0.25, 0.3) is 5.91 Å². The summed E-state index contributed by atoms with van der Waals surface area (Å²) in [5.74, 6) is -1.12. The molecule has 0 aromatic carbocycles. The highest BCUT2D eigenvalue weighted by atomic mass is 32.1. The van der Waals surface area contributed by atoms with Gasteiger partial charge in [-0.1, -0.05) is 0 Å². The van der Waals surface area contributed by atoms with E-state index in [-0.39, 0.29) is 6.61 Å². The van der Waals surface area contributed by atoms with Crippen molar-refractivity contribution in [1.82, 2.24) is 0 Å². The summed E-state index contributed by atoms with van der Waals surface area (Å²) in [5, 5.41) is 3.11. The first-order valence-electron chi connectivity index (χ1n) is 8.58. The lowest BCUT2D eigenvalue weighted by Crippen LogP contribution is -2.21. The number of aryl methyl sites for hydroxylation is 1. The van der Waals surface area contributed by atoms with Gasteiger partial charge in [0.05, 0.1) is 18.4 Å². The van der Waals surface area contributed by atoms with Gasteiger partial charge in [-0.2, -0.15) is 0 Å². The van der Waals surface area contributed by atoms with Crippen molar-refractivity contribution >= 4 is 40.3 Å². The summed E-state index contributed by atoms with van der Waals surface area (Å²) < 4.78 is 15.1. The molecule has 0 spiro atoms.